The highest BCUT2D eigenvalue weighted by Crippen LogP contribution is 2.16. The van der Waals surface area contributed by atoms with Crippen molar-refractivity contribution in [2.45, 2.75) is 26.5 Å². The maximum atomic E-state index is 5.46. The quantitative estimate of drug-likeness (QED) is 0.765. The summed E-state index contributed by atoms with van der Waals surface area (Å²) < 4.78 is 7.64. The first kappa shape index (κ1) is 12.0. The van der Waals surface area contributed by atoms with E-state index in [9.17, 15) is 0 Å². The molecule has 0 atom stereocenters. The minimum Gasteiger partial charge on any atom is -0.372 e. The number of fused-ring (bicyclic) bond motifs is 1. The molecule has 5 heteroatoms. The standard InChI is InChI=1S/C12H18N4O/c1-2-6-16-11-3-5-14-8-10(11)15-12(16)9-17-7-4-13/h3,5,8H,2,4,6-7,9,13H2,1H3. The van der Waals surface area contributed by atoms with Crippen molar-refractivity contribution in [1.82, 2.24) is 14.5 Å². The van der Waals surface area contributed by atoms with Crippen LogP contribution in [0, 0.1) is 0 Å². The molecule has 0 radical (unpaired) electrons. The zero-order valence-electron chi connectivity index (χ0n) is 10.1. The molecular weight excluding hydrogens is 216 g/mol. The normalized spacial score (nSPS) is 11.2. The molecule has 2 N–H and O–H groups in total. The highest BCUT2D eigenvalue weighted by Gasteiger charge is 2.09. The molecule has 5 nitrogen and oxygen atoms in total. The Morgan fingerprint density at radius 3 is 3.12 bits per heavy atom. The van der Waals surface area contributed by atoms with Gasteiger partial charge in [-0.15, -0.1) is 0 Å². The van der Waals surface area contributed by atoms with Crippen molar-refractivity contribution in [3.8, 4) is 0 Å². The predicted octanol–water partition coefficient (Wildman–Crippen LogP) is 1.32. The summed E-state index contributed by atoms with van der Waals surface area (Å²) in [5, 5.41) is 0. The zero-order valence-corrected chi connectivity index (χ0v) is 10.1. The summed E-state index contributed by atoms with van der Waals surface area (Å²) in [7, 11) is 0. The van der Waals surface area contributed by atoms with Crippen LogP contribution in [0.1, 0.15) is 19.2 Å². The number of rotatable bonds is 6. The van der Waals surface area contributed by atoms with E-state index >= 15 is 0 Å². The fraction of sp³-hybridized carbons (Fsp3) is 0.500. The second-order valence-electron chi connectivity index (χ2n) is 3.89. The van der Waals surface area contributed by atoms with E-state index in [0.717, 1.165) is 29.8 Å². The molecule has 0 aliphatic rings. The van der Waals surface area contributed by atoms with Gasteiger partial charge in [0.2, 0.25) is 0 Å². The summed E-state index contributed by atoms with van der Waals surface area (Å²) in [6, 6.07) is 1.99. The van der Waals surface area contributed by atoms with Gasteiger partial charge in [0, 0.05) is 19.3 Å². The summed E-state index contributed by atoms with van der Waals surface area (Å²) in [6.07, 6.45) is 4.65. The first-order chi connectivity index (χ1) is 8.36. The van der Waals surface area contributed by atoms with Crippen LogP contribution in [-0.4, -0.2) is 27.7 Å². The molecule has 0 spiro atoms. The molecule has 0 bridgehead atoms. The van der Waals surface area contributed by atoms with Crippen molar-refractivity contribution >= 4 is 11.0 Å². The third-order valence-electron chi connectivity index (χ3n) is 2.57. The van der Waals surface area contributed by atoms with Crippen LogP contribution in [0.4, 0.5) is 0 Å². The van der Waals surface area contributed by atoms with Gasteiger partial charge in [0.05, 0.1) is 18.3 Å². The van der Waals surface area contributed by atoms with Crippen molar-refractivity contribution in [1.29, 1.82) is 0 Å². The van der Waals surface area contributed by atoms with Gasteiger partial charge in [0.25, 0.3) is 0 Å². The Morgan fingerprint density at radius 1 is 1.47 bits per heavy atom. The molecule has 0 fully saturated rings. The number of hydrogen-bond donors (Lipinski definition) is 1. The highest BCUT2D eigenvalue weighted by atomic mass is 16.5. The van der Waals surface area contributed by atoms with E-state index in [1.165, 1.54) is 0 Å². The lowest BCUT2D eigenvalue weighted by Gasteiger charge is -2.07. The summed E-state index contributed by atoms with van der Waals surface area (Å²) in [5.74, 6) is 0.948. The summed E-state index contributed by atoms with van der Waals surface area (Å²) in [4.78, 5) is 8.62. The monoisotopic (exact) mass is 234 g/mol. The average Bonchev–Trinajstić information content (AvgIpc) is 2.69. The Morgan fingerprint density at radius 2 is 2.35 bits per heavy atom. The van der Waals surface area contributed by atoms with Gasteiger partial charge < -0.3 is 15.0 Å². The van der Waals surface area contributed by atoms with E-state index in [1.807, 2.05) is 6.07 Å². The van der Waals surface area contributed by atoms with E-state index in [4.69, 9.17) is 10.5 Å². The lowest BCUT2D eigenvalue weighted by atomic mass is 10.4. The highest BCUT2D eigenvalue weighted by molar-refractivity contribution is 5.74. The van der Waals surface area contributed by atoms with Crippen molar-refractivity contribution in [3.05, 3.63) is 24.3 Å². The molecule has 2 rings (SSSR count). The summed E-state index contributed by atoms with van der Waals surface area (Å²) >= 11 is 0. The Bertz CT molecular complexity index is 480. The Labute approximate surface area is 101 Å². The minimum atomic E-state index is 0.506. The number of ether oxygens (including phenoxy) is 1. The van der Waals surface area contributed by atoms with Gasteiger partial charge in [0.1, 0.15) is 17.9 Å². The number of imidazole rings is 1. The number of aryl methyl sites for hydroxylation is 1. The minimum absolute atomic E-state index is 0.506. The fourth-order valence-corrected chi connectivity index (χ4v) is 1.86. The van der Waals surface area contributed by atoms with Crippen LogP contribution in [0.2, 0.25) is 0 Å². The maximum Gasteiger partial charge on any atom is 0.136 e. The Hall–Kier alpha value is -1.46. The molecule has 0 saturated heterocycles. The van der Waals surface area contributed by atoms with Crippen LogP contribution in [0.3, 0.4) is 0 Å². The van der Waals surface area contributed by atoms with Gasteiger partial charge in [-0.3, -0.25) is 4.98 Å². The van der Waals surface area contributed by atoms with Gasteiger partial charge in [0.15, 0.2) is 0 Å². The van der Waals surface area contributed by atoms with Crippen LogP contribution in [0.5, 0.6) is 0 Å². The Kier molecular flexibility index (Phi) is 4.06. The van der Waals surface area contributed by atoms with Crippen molar-refractivity contribution in [2.24, 2.45) is 5.73 Å². The van der Waals surface area contributed by atoms with E-state index in [2.05, 4.69) is 21.5 Å². The first-order valence-electron chi connectivity index (χ1n) is 5.93. The average molecular weight is 234 g/mol. The second-order valence-corrected chi connectivity index (χ2v) is 3.89. The number of nitrogens with two attached hydrogens (primary N) is 1. The van der Waals surface area contributed by atoms with Crippen molar-refractivity contribution < 1.29 is 4.74 Å². The number of pyridine rings is 1. The maximum absolute atomic E-state index is 5.46. The molecule has 0 aliphatic carbocycles. The molecule has 0 saturated carbocycles. The third kappa shape index (κ3) is 2.62. The topological polar surface area (TPSA) is 66.0 Å². The van der Waals surface area contributed by atoms with E-state index < -0.39 is 0 Å². The van der Waals surface area contributed by atoms with Crippen LogP contribution in [0.25, 0.3) is 11.0 Å². The molecule has 2 aromatic rings. The molecule has 17 heavy (non-hydrogen) atoms. The SMILES string of the molecule is CCCn1c(COCCN)nc2cnccc21. The van der Waals surface area contributed by atoms with Crippen LogP contribution >= 0.6 is 0 Å². The van der Waals surface area contributed by atoms with Crippen LogP contribution in [0.15, 0.2) is 18.5 Å². The summed E-state index contributed by atoms with van der Waals surface area (Å²) in [6.45, 7) is 4.70. The second kappa shape index (κ2) is 5.75. The van der Waals surface area contributed by atoms with Crippen LogP contribution < -0.4 is 5.73 Å². The van der Waals surface area contributed by atoms with Gasteiger partial charge in [-0.25, -0.2) is 4.98 Å². The largest absolute Gasteiger partial charge is 0.372 e. The zero-order chi connectivity index (χ0) is 12.1. The number of hydrogen-bond acceptors (Lipinski definition) is 4. The predicted molar refractivity (Wildman–Crippen MR) is 66.5 cm³/mol. The number of nitrogens with zero attached hydrogens (tertiary/aromatic N) is 3. The van der Waals surface area contributed by atoms with Crippen LogP contribution in [-0.2, 0) is 17.9 Å². The lowest BCUT2D eigenvalue weighted by molar-refractivity contribution is 0.120. The van der Waals surface area contributed by atoms with E-state index in [0.29, 0.717) is 19.8 Å². The Balaban J connectivity index is 2.29. The molecule has 0 unspecified atom stereocenters. The molecule has 2 aromatic heterocycles. The van der Waals surface area contributed by atoms with Gasteiger partial charge >= 0.3 is 0 Å². The summed E-state index contributed by atoms with van der Waals surface area (Å²) in [5.41, 5.74) is 7.44. The third-order valence-corrected chi connectivity index (χ3v) is 2.57. The lowest BCUT2D eigenvalue weighted by Crippen LogP contribution is -2.11. The molecular formula is C12H18N4O. The fourth-order valence-electron chi connectivity index (χ4n) is 1.86. The molecule has 0 amide bonds. The van der Waals surface area contributed by atoms with Crippen molar-refractivity contribution in [2.75, 3.05) is 13.2 Å². The van der Waals surface area contributed by atoms with E-state index in [1.54, 1.807) is 12.4 Å². The molecule has 92 valence electrons. The van der Waals surface area contributed by atoms with Gasteiger partial charge in [-0.05, 0) is 12.5 Å². The molecule has 2 heterocycles. The smallest absolute Gasteiger partial charge is 0.136 e. The molecule has 0 aromatic carbocycles. The van der Waals surface area contributed by atoms with E-state index in [-0.39, 0.29) is 0 Å². The first-order valence-corrected chi connectivity index (χ1v) is 5.93. The number of aromatic nitrogens is 3. The molecule has 0 aliphatic heterocycles. The van der Waals surface area contributed by atoms with Gasteiger partial charge in [-0.2, -0.15) is 0 Å². The van der Waals surface area contributed by atoms with Gasteiger partial charge in [-0.1, -0.05) is 6.92 Å². The van der Waals surface area contributed by atoms with Crippen molar-refractivity contribution in [3.63, 3.8) is 0 Å².